The van der Waals surface area contributed by atoms with Crippen molar-refractivity contribution in [2.45, 2.75) is 90.4 Å². The molecule has 0 amide bonds. The summed E-state index contributed by atoms with van der Waals surface area (Å²) in [6.45, 7) is 2.39. The molecule has 1 heteroatoms. The van der Waals surface area contributed by atoms with E-state index >= 15 is 0 Å². The van der Waals surface area contributed by atoms with Gasteiger partial charge in [0.05, 0.1) is 6.61 Å². The van der Waals surface area contributed by atoms with Crippen LogP contribution in [0.3, 0.4) is 0 Å². The first-order valence-electron chi connectivity index (χ1n) is 7.50. The van der Waals surface area contributed by atoms with E-state index in [-0.39, 0.29) is 6.61 Å². The Hall–Kier alpha value is -0.0400. The summed E-state index contributed by atoms with van der Waals surface area (Å²) in [7, 11) is 0. The molecule has 0 aromatic carbocycles. The molecule has 97 valence electrons. The highest BCUT2D eigenvalue weighted by Gasteiger charge is 1.93. The molecule has 0 fully saturated rings. The van der Waals surface area contributed by atoms with E-state index in [4.69, 9.17) is 0 Å². The highest BCUT2D eigenvalue weighted by molar-refractivity contribution is 4.48. The predicted octanol–water partition coefficient (Wildman–Crippen LogP) is 5.51. The normalized spacial score (nSPS) is 10.9. The van der Waals surface area contributed by atoms with Crippen LogP contribution in [0.1, 0.15) is 90.4 Å². The molecule has 16 heavy (non-hydrogen) atoms. The van der Waals surface area contributed by atoms with Crippen LogP contribution in [-0.2, 0) is 5.11 Å². The largest absolute Gasteiger partial charge is 0.237 e. The van der Waals surface area contributed by atoms with Gasteiger partial charge in [0, 0.05) is 0 Å². The molecule has 0 aromatic rings. The minimum atomic E-state index is 0.123. The van der Waals surface area contributed by atoms with E-state index in [1.165, 1.54) is 70.6 Å². The van der Waals surface area contributed by atoms with E-state index in [0.717, 1.165) is 12.8 Å². The van der Waals surface area contributed by atoms with Crippen LogP contribution in [0, 0.1) is 0 Å². The predicted molar refractivity (Wildman–Crippen MR) is 71.2 cm³/mol. The zero-order valence-electron chi connectivity index (χ0n) is 11.3. The molecule has 0 atom stereocenters. The summed E-state index contributed by atoms with van der Waals surface area (Å²) >= 11 is 0. The summed E-state index contributed by atoms with van der Waals surface area (Å²) in [5.41, 5.74) is 0. The Morgan fingerprint density at radius 3 is 1.12 bits per heavy atom. The molecule has 0 rings (SSSR count). The molecule has 0 aliphatic carbocycles. The van der Waals surface area contributed by atoms with E-state index in [1.54, 1.807) is 0 Å². The van der Waals surface area contributed by atoms with Gasteiger partial charge in [0.25, 0.3) is 0 Å². The van der Waals surface area contributed by atoms with Crippen LogP contribution in [0.15, 0.2) is 0 Å². The van der Waals surface area contributed by atoms with Crippen LogP contribution in [0.4, 0.5) is 0 Å². The maximum atomic E-state index is 10.2. The maximum absolute atomic E-state index is 10.2. The zero-order valence-corrected chi connectivity index (χ0v) is 11.3. The molecule has 0 spiro atoms. The summed E-state index contributed by atoms with van der Waals surface area (Å²) < 4.78 is 0. The Morgan fingerprint density at radius 1 is 0.500 bits per heavy atom. The monoisotopic (exact) mass is 227 g/mol. The van der Waals surface area contributed by atoms with Crippen LogP contribution in [0.25, 0.3) is 0 Å². The molecule has 0 unspecified atom stereocenters. The standard InChI is InChI=1S/C15H31O/c1-2-3-4-5-6-7-8-9-10-11-12-13-14-15-16/h2-15H2,1H3. The lowest BCUT2D eigenvalue weighted by Gasteiger charge is -2.02. The van der Waals surface area contributed by atoms with Crippen molar-refractivity contribution in [2.24, 2.45) is 0 Å². The van der Waals surface area contributed by atoms with Gasteiger partial charge in [0.1, 0.15) is 0 Å². The summed E-state index contributed by atoms with van der Waals surface area (Å²) in [5.74, 6) is 0. The molecular formula is C15H31O. The van der Waals surface area contributed by atoms with Crippen molar-refractivity contribution in [3.05, 3.63) is 0 Å². The van der Waals surface area contributed by atoms with Crippen LogP contribution in [0.5, 0.6) is 0 Å². The second kappa shape index (κ2) is 15.0. The summed E-state index contributed by atoms with van der Waals surface area (Å²) in [6, 6.07) is 0. The van der Waals surface area contributed by atoms with E-state index < -0.39 is 0 Å². The Balaban J connectivity index is 2.83. The molecule has 0 aromatic heterocycles. The maximum Gasteiger partial charge on any atom is 0.0822 e. The van der Waals surface area contributed by atoms with Crippen molar-refractivity contribution in [1.82, 2.24) is 0 Å². The highest BCUT2D eigenvalue weighted by Crippen LogP contribution is 2.12. The third kappa shape index (κ3) is 14.0. The Morgan fingerprint density at radius 2 is 0.812 bits per heavy atom. The van der Waals surface area contributed by atoms with Gasteiger partial charge in [-0.2, -0.15) is 0 Å². The first-order chi connectivity index (χ1) is 7.91. The van der Waals surface area contributed by atoms with Crippen LogP contribution in [0.2, 0.25) is 0 Å². The van der Waals surface area contributed by atoms with Crippen molar-refractivity contribution in [3.8, 4) is 0 Å². The zero-order chi connectivity index (χ0) is 11.9. The number of hydrogen-bond donors (Lipinski definition) is 0. The third-order valence-corrected chi connectivity index (χ3v) is 3.25. The van der Waals surface area contributed by atoms with Gasteiger partial charge >= 0.3 is 0 Å². The number of rotatable bonds is 13. The Labute approximate surface area is 103 Å². The summed E-state index contributed by atoms with van der Waals surface area (Å²) in [4.78, 5) is 0. The lowest BCUT2D eigenvalue weighted by atomic mass is 10.0. The van der Waals surface area contributed by atoms with E-state index in [2.05, 4.69) is 6.92 Å². The minimum absolute atomic E-state index is 0.123. The summed E-state index contributed by atoms with van der Waals surface area (Å²) in [5, 5.41) is 10.2. The van der Waals surface area contributed by atoms with Gasteiger partial charge < -0.3 is 0 Å². The molecule has 0 aliphatic heterocycles. The Bertz CT molecular complexity index is 98.0. The molecule has 0 heterocycles. The summed E-state index contributed by atoms with van der Waals surface area (Å²) in [6.07, 6.45) is 17.4. The van der Waals surface area contributed by atoms with E-state index in [0.29, 0.717) is 0 Å². The quantitative estimate of drug-likeness (QED) is 0.370. The molecular weight excluding hydrogens is 196 g/mol. The van der Waals surface area contributed by atoms with Crippen molar-refractivity contribution in [2.75, 3.05) is 6.61 Å². The van der Waals surface area contributed by atoms with Crippen molar-refractivity contribution < 1.29 is 5.11 Å². The van der Waals surface area contributed by atoms with Crippen molar-refractivity contribution >= 4 is 0 Å². The second-order valence-electron chi connectivity index (χ2n) is 4.95. The highest BCUT2D eigenvalue weighted by atomic mass is 16.2. The smallest absolute Gasteiger partial charge is 0.0822 e. The lowest BCUT2D eigenvalue weighted by molar-refractivity contribution is 0.186. The second-order valence-corrected chi connectivity index (χ2v) is 4.95. The van der Waals surface area contributed by atoms with Gasteiger partial charge in [-0.1, -0.05) is 84.0 Å². The molecule has 0 saturated carbocycles. The van der Waals surface area contributed by atoms with Crippen LogP contribution < -0.4 is 0 Å². The van der Waals surface area contributed by atoms with Crippen LogP contribution >= 0.6 is 0 Å². The molecule has 0 bridgehead atoms. The molecule has 0 N–H and O–H groups in total. The fraction of sp³-hybridized carbons (Fsp3) is 1.00. The van der Waals surface area contributed by atoms with Gasteiger partial charge in [-0.05, 0) is 6.42 Å². The molecule has 0 aliphatic rings. The average molecular weight is 227 g/mol. The van der Waals surface area contributed by atoms with Crippen molar-refractivity contribution in [1.29, 1.82) is 0 Å². The number of unbranched alkanes of at least 4 members (excludes halogenated alkanes) is 12. The third-order valence-electron chi connectivity index (χ3n) is 3.25. The fourth-order valence-corrected chi connectivity index (χ4v) is 2.12. The Kier molecular flexibility index (Phi) is 14.9. The van der Waals surface area contributed by atoms with Gasteiger partial charge in [-0.15, -0.1) is 0 Å². The SMILES string of the molecule is CCCCCCCCCCCCCCC[O]. The first-order valence-corrected chi connectivity index (χ1v) is 7.50. The fourth-order valence-electron chi connectivity index (χ4n) is 2.12. The van der Waals surface area contributed by atoms with E-state index in [9.17, 15) is 5.11 Å². The first kappa shape index (κ1) is 16.0. The molecule has 0 saturated heterocycles. The van der Waals surface area contributed by atoms with Gasteiger partial charge in [-0.25, -0.2) is 5.11 Å². The van der Waals surface area contributed by atoms with Crippen molar-refractivity contribution in [3.63, 3.8) is 0 Å². The van der Waals surface area contributed by atoms with E-state index in [1.807, 2.05) is 0 Å². The van der Waals surface area contributed by atoms with Crippen LogP contribution in [-0.4, -0.2) is 6.61 Å². The molecule has 1 nitrogen and oxygen atoms in total. The van der Waals surface area contributed by atoms with Gasteiger partial charge in [-0.3, -0.25) is 0 Å². The number of hydrogen-bond acceptors (Lipinski definition) is 0. The minimum Gasteiger partial charge on any atom is -0.237 e. The molecule has 1 radical (unpaired) electrons. The van der Waals surface area contributed by atoms with Gasteiger partial charge in [0.15, 0.2) is 0 Å². The average Bonchev–Trinajstić information content (AvgIpc) is 2.31. The topological polar surface area (TPSA) is 19.9 Å². The van der Waals surface area contributed by atoms with Gasteiger partial charge in [0.2, 0.25) is 0 Å². The lowest BCUT2D eigenvalue weighted by Crippen LogP contribution is -1.84.